The van der Waals surface area contributed by atoms with Gasteiger partial charge in [-0.3, -0.25) is 4.79 Å². The molecule has 100 valence electrons. The first kappa shape index (κ1) is 14.4. The van der Waals surface area contributed by atoms with E-state index in [0.29, 0.717) is 6.54 Å². The van der Waals surface area contributed by atoms with E-state index in [9.17, 15) is 4.79 Å². The molecule has 0 radical (unpaired) electrons. The third kappa shape index (κ3) is 3.65. The Morgan fingerprint density at radius 1 is 1.33 bits per heavy atom. The van der Waals surface area contributed by atoms with Gasteiger partial charge in [-0.1, -0.05) is 0 Å². The van der Waals surface area contributed by atoms with E-state index in [1.54, 1.807) is 7.11 Å². The monoisotopic (exact) mass is 250 g/mol. The minimum Gasteiger partial charge on any atom is -0.496 e. The predicted molar refractivity (Wildman–Crippen MR) is 74.1 cm³/mol. The summed E-state index contributed by atoms with van der Waals surface area (Å²) in [5.41, 5.74) is 1.99. The van der Waals surface area contributed by atoms with Crippen molar-refractivity contribution in [3.63, 3.8) is 0 Å². The molecular weight excluding hydrogens is 228 g/mol. The van der Waals surface area contributed by atoms with Gasteiger partial charge < -0.3 is 15.0 Å². The molecule has 1 amide bonds. The van der Waals surface area contributed by atoms with Gasteiger partial charge in [-0.25, -0.2) is 0 Å². The Kier molecular flexibility index (Phi) is 5.49. The molecular formula is C14H22N2O2. The van der Waals surface area contributed by atoms with Crippen LogP contribution in [0.3, 0.4) is 0 Å². The highest BCUT2D eigenvalue weighted by Crippen LogP contribution is 2.21. The Morgan fingerprint density at radius 2 is 2.00 bits per heavy atom. The van der Waals surface area contributed by atoms with Crippen molar-refractivity contribution < 1.29 is 9.53 Å². The number of rotatable bonds is 6. The number of methoxy groups -OCH3 is 1. The van der Waals surface area contributed by atoms with Gasteiger partial charge in [0.25, 0.3) is 0 Å². The summed E-state index contributed by atoms with van der Waals surface area (Å²) < 4.78 is 5.20. The number of amides is 1. The molecule has 1 N–H and O–H groups in total. The predicted octanol–water partition coefficient (Wildman–Crippen LogP) is 2.28. The summed E-state index contributed by atoms with van der Waals surface area (Å²) in [5, 5.41) is 3.14. The van der Waals surface area contributed by atoms with Crippen molar-refractivity contribution in [3.8, 4) is 5.75 Å². The maximum absolute atomic E-state index is 11.8. The highest BCUT2D eigenvalue weighted by Gasteiger charge is 2.09. The van der Waals surface area contributed by atoms with Gasteiger partial charge in [-0.2, -0.15) is 0 Å². The quantitative estimate of drug-likeness (QED) is 0.842. The lowest BCUT2D eigenvalue weighted by molar-refractivity contribution is -0.128. The fourth-order valence-corrected chi connectivity index (χ4v) is 1.85. The number of carbonyl (C=O) groups is 1. The number of aryl methyl sites for hydroxylation is 1. The molecule has 4 nitrogen and oxygen atoms in total. The molecule has 0 unspecified atom stereocenters. The van der Waals surface area contributed by atoms with Crippen LogP contribution in [0.15, 0.2) is 18.2 Å². The molecule has 0 heterocycles. The Balaban J connectivity index is 2.58. The van der Waals surface area contributed by atoms with E-state index in [1.807, 2.05) is 43.9 Å². The number of carbonyl (C=O) groups excluding carboxylic acids is 1. The molecule has 1 aromatic carbocycles. The summed E-state index contributed by atoms with van der Waals surface area (Å²) in [7, 11) is 1.65. The zero-order valence-corrected chi connectivity index (χ0v) is 11.6. The van der Waals surface area contributed by atoms with Gasteiger partial charge in [0.15, 0.2) is 0 Å². The van der Waals surface area contributed by atoms with Gasteiger partial charge in [0.1, 0.15) is 5.75 Å². The summed E-state index contributed by atoms with van der Waals surface area (Å²) in [6.07, 6.45) is 0. The van der Waals surface area contributed by atoms with Gasteiger partial charge >= 0.3 is 0 Å². The maximum Gasteiger partial charge on any atom is 0.241 e. The van der Waals surface area contributed by atoms with Gasteiger partial charge in [-0.05, 0) is 44.5 Å². The van der Waals surface area contributed by atoms with Crippen molar-refractivity contribution in [2.45, 2.75) is 20.8 Å². The number of nitrogens with zero attached hydrogens (tertiary/aromatic N) is 1. The van der Waals surface area contributed by atoms with E-state index in [-0.39, 0.29) is 5.91 Å². The molecule has 0 atom stereocenters. The Morgan fingerprint density at radius 3 is 2.50 bits per heavy atom. The van der Waals surface area contributed by atoms with Gasteiger partial charge in [-0.15, -0.1) is 0 Å². The molecule has 0 fully saturated rings. The van der Waals surface area contributed by atoms with E-state index >= 15 is 0 Å². The van der Waals surface area contributed by atoms with Gasteiger partial charge in [0.2, 0.25) is 5.91 Å². The molecule has 18 heavy (non-hydrogen) atoms. The number of benzene rings is 1. The van der Waals surface area contributed by atoms with Gasteiger partial charge in [0, 0.05) is 18.8 Å². The molecule has 4 heteroatoms. The molecule has 0 saturated carbocycles. The molecule has 0 saturated heterocycles. The number of hydrogen-bond donors (Lipinski definition) is 1. The Hall–Kier alpha value is -1.71. The van der Waals surface area contributed by atoms with E-state index < -0.39 is 0 Å². The normalized spacial score (nSPS) is 10.0. The summed E-state index contributed by atoms with van der Waals surface area (Å²) in [5.74, 6) is 0.976. The molecule has 0 aliphatic rings. The Labute approximate surface area is 109 Å². The van der Waals surface area contributed by atoms with Crippen LogP contribution in [0.1, 0.15) is 19.4 Å². The molecule has 1 aromatic rings. The van der Waals surface area contributed by atoms with Crippen LogP contribution in [0.4, 0.5) is 5.69 Å². The van der Waals surface area contributed by atoms with Crippen molar-refractivity contribution >= 4 is 11.6 Å². The lowest BCUT2D eigenvalue weighted by atomic mass is 10.2. The van der Waals surface area contributed by atoms with Crippen molar-refractivity contribution in [2.24, 2.45) is 0 Å². The van der Waals surface area contributed by atoms with Crippen LogP contribution in [0.5, 0.6) is 5.75 Å². The van der Waals surface area contributed by atoms with Crippen molar-refractivity contribution in [3.05, 3.63) is 23.8 Å². The number of hydrogen-bond acceptors (Lipinski definition) is 3. The topological polar surface area (TPSA) is 41.6 Å². The van der Waals surface area contributed by atoms with Crippen LogP contribution in [-0.4, -0.2) is 37.6 Å². The largest absolute Gasteiger partial charge is 0.496 e. The highest BCUT2D eigenvalue weighted by molar-refractivity contribution is 5.80. The number of nitrogens with one attached hydrogen (secondary N) is 1. The number of anilines is 1. The van der Waals surface area contributed by atoms with E-state index in [4.69, 9.17) is 4.74 Å². The fraction of sp³-hybridized carbons (Fsp3) is 0.500. The van der Waals surface area contributed by atoms with Crippen LogP contribution in [0, 0.1) is 6.92 Å². The van der Waals surface area contributed by atoms with Crippen molar-refractivity contribution in [1.29, 1.82) is 0 Å². The Bertz CT molecular complexity index is 401. The first-order chi connectivity index (χ1) is 8.62. The standard InChI is InChI=1S/C14H22N2O2/c1-5-16(6-2)14(17)10-15-12-7-8-13(18-4)11(3)9-12/h7-9,15H,5-6,10H2,1-4H3. The van der Waals surface area contributed by atoms with E-state index in [1.165, 1.54) is 0 Å². The van der Waals surface area contributed by atoms with Crippen molar-refractivity contribution in [2.75, 3.05) is 32.1 Å². The van der Waals surface area contributed by atoms with E-state index in [2.05, 4.69) is 5.32 Å². The zero-order valence-electron chi connectivity index (χ0n) is 11.6. The number of likely N-dealkylation sites (N-methyl/N-ethyl adjacent to an activating group) is 1. The molecule has 0 bridgehead atoms. The third-order valence-electron chi connectivity index (χ3n) is 2.95. The minimum absolute atomic E-state index is 0.119. The highest BCUT2D eigenvalue weighted by atomic mass is 16.5. The maximum atomic E-state index is 11.8. The lowest BCUT2D eigenvalue weighted by Crippen LogP contribution is -2.35. The second kappa shape index (κ2) is 6.89. The molecule has 0 aliphatic heterocycles. The zero-order chi connectivity index (χ0) is 13.5. The third-order valence-corrected chi connectivity index (χ3v) is 2.95. The summed E-state index contributed by atoms with van der Waals surface area (Å²) >= 11 is 0. The summed E-state index contributed by atoms with van der Waals surface area (Å²) in [4.78, 5) is 13.6. The van der Waals surface area contributed by atoms with Crippen LogP contribution in [-0.2, 0) is 4.79 Å². The second-order valence-corrected chi connectivity index (χ2v) is 4.10. The average molecular weight is 250 g/mol. The second-order valence-electron chi connectivity index (χ2n) is 4.10. The molecule has 0 spiro atoms. The van der Waals surface area contributed by atoms with Crippen LogP contribution >= 0.6 is 0 Å². The van der Waals surface area contributed by atoms with E-state index in [0.717, 1.165) is 30.1 Å². The first-order valence-electron chi connectivity index (χ1n) is 6.28. The van der Waals surface area contributed by atoms with Gasteiger partial charge in [0.05, 0.1) is 13.7 Å². The van der Waals surface area contributed by atoms with Crippen LogP contribution in [0.25, 0.3) is 0 Å². The van der Waals surface area contributed by atoms with Crippen LogP contribution in [0.2, 0.25) is 0 Å². The average Bonchev–Trinajstić information content (AvgIpc) is 2.38. The van der Waals surface area contributed by atoms with Crippen LogP contribution < -0.4 is 10.1 Å². The lowest BCUT2D eigenvalue weighted by Gasteiger charge is -2.19. The smallest absolute Gasteiger partial charge is 0.241 e. The minimum atomic E-state index is 0.119. The summed E-state index contributed by atoms with van der Waals surface area (Å²) in [6, 6.07) is 5.80. The number of ether oxygens (including phenoxy) is 1. The first-order valence-corrected chi connectivity index (χ1v) is 6.28. The molecule has 1 rings (SSSR count). The summed E-state index contributed by atoms with van der Waals surface area (Å²) in [6.45, 7) is 7.78. The fourth-order valence-electron chi connectivity index (χ4n) is 1.85. The molecule has 0 aliphatic carbocycles. The SMILES string of the molecule is CCN(CC)C(=O)CNc1ccc(OC)c(C)c1. The van der Waals surface area contributed by atoms with Crippen molar-refractivity contribution in [1.82, 2.24) is 4.90 Å². The molecule has 0 aromatic heterocycles.